The zero-order chi connectivity index (χ0) is 105. The Kier molecular flexibility index (Phi) is 34.7. The number of Topliss-reactive ketones (excluding diaryl/α,β-unsaturated/α-hetero) is 2. The number of hydrogen-bond donors (Lipinski definition) is 3. The number of carbonyl (C=O) groups excluding carboxylic acids is 11. The Labute approximate surface area is 908 Å². The second-order valence-corrected chi connectivity index (χ2v) is 54.9. The summed E-state index contributed by atoms with van der Waals surface area (Å²) in [6.07, 6.45) is 43.9. The van der Waals surface area contributed by atoms with Crippen molar-refractivity contribution < 1.29 is 123 Å². The number of epoxide rings is 1. The number of carbonyl (C=O) groups is 11. The van der Waals surface area contributed by atoms with Gasteiger partial charge in [0.05, 0.1) is 44.7 Å². The van der Waals surface area contributed by atoms with Gasteiger partial charge < -0.3 is 40.4 Å². The van der Waals surface area contributed by atoms with Crippen molar-refractivity contribution in [3.05, 3.63) is 58.2 Å². The summed E-state index contributed by atoms with van der Waals surface area (Å²) in [6.45, 7) is 52.0. The molecule has 0 bridgehead atoms. The first kappa shape index (κ1) is 116. The third-order valence-corrected chi connectivity index (χ3v) is 48.7. The molecular weight excluding hydrogens is 1850 g/mol. The number of aliphatic hydroxyl groups excluding tert-OH is 3. The minimum Gasteiger partial charge on any atom is -1.00 e. The summed E-state index contributed by atoms with van der Waals surface area (Å²) in [7, 11) is 0. The topological polar surface area (TPSA) is 298 Å². The van der Waals surface area contributed by atoms with Crippen LogP contribution in [0.3, 0.4) is 0 Å². The Bertz CT molecular complexity index is 5020. The van der Waals surface area contributed by atoms with Crippen LogP contribution in [0.2, 0.25) is 0 Å². The van der Waals surface area contributed by atoms with Crippen LogP contribution in [0.5, 0.6) is 0 Å². The van der Waals surface area contributed by atoms with E-state index < -0.39 is 0 Å². The van der Waals surface area contributed by atoms with E-state index in [-0.39, 0.29) is 196 Å². The molecule has 16 fully saturated rings. The molecule has 0 aromatic heterocycles. The summed E-state index contributed by atoms with van der Waals surface area (Å²) in [4.78, 5) is 134. The van der Waals surface area contributed by atoms with Gasteiger partial charge in [-0.2, -0.15) is 0 Å². The van der Waals surface area contributed by atoms with Gasteiger partial charge in [0.1, 0.15) is 17.7 Å². The van der Waals surface area contributed by atoms with E-state index in [1.54, 1.807) is 0 Å². The molecule has 3 radical (unpaired) electrons. The summed E-state index contributed by atoms with van der Waals surface area (Å²) in [5.74, 6) is 12.3. The van der Waals surface area contributed by atoms with E-state index in [9.17, 15) is 68.1 Å². The van der Waals surface area contributed by atoms with Crippen LogP contribution in [0.15, 0.2) is 58.2 Å². The van der Waals surface area contributed by atoms with Gasteiger partial charge in [0, 0.05) is 110 Å². The van der Waals surface area contributed by atoms with Crippen molar-refractivity contribution in [2.45, 2.75) is 402 Å². The predicted octanol–water partition coefficient (Wildman–Crippen LogP) is 20.7. The molecule has 20 aliphatic carbocycles. The van der Waals surface area contributed by atoms with Gasteiger partial charge in [-0.3, -0.25) is 52.7 Å². The van der Waals surface area contributed by atoms with Crippen molar-refractivity contribution in [2.75, 3.05) is 33.0 Å². The molecule has 21 heteroatoms. The van der Waals surface area contributed by atoms with Crippen molar-refractivity contribution in [1.82, 2.24) is 0 Å². The maximum absolute atomic E-state index is 13.8. The van der Waals surface area contributed by atoms with Gasteiger partial charge in [-0.1, -0.05) is 143 Å². The Hall–Kier alpha value is -4.83. The third kappa shape index (κ3) is 19.7. The zero-order valence-electron chi connectivity index (χ0n) is 96.0. The van der Waals surface area contributed by atoms with Crippen molar-refractivity contribution >= 4 is 72.8 Å². The van der Waals surface area contributed by atoms with Gasteiger partial charge >= 0.3 is 53.4 Å². The first-order valence-electron chi connectivity index (χ1n) is 58.9. The molecule has 15 unspecified atom stereocenters. The maximum atomic E-state index is 13.8. The van der Waals surface area contributed by atoms with Crippen molar-refractivity contribution in [3.8, 4) is 0 Å². The van der Waals surface area contributed by atoms with Gasteiger partial charge in [-0.25, -0.2) is 0 Å². The van der Waals surface area contributed by atoms with Gasteiger partial charge in [-0.05, 0) is 424 Å². The van der Waals surface area contributed by atoms with E-state index in [0.29, 0.717) is 224 Å². The van der Waals surface area contributed by atoms with Crippen LogP contribution in [0.4, 0.5) is 0 Å². The summed E-state index contributed by atoms with van der Waals surface area (Å²) in [5.41, 5.74) is 7.43. The molecule has 1 aliphatic heterocycles. The number of ether oxygens (including phenoxy) is 5. The van der Waals surface area contributed by atoms with E-state index in [4.69, 9.17) is 23.7 Å². The average molecular weight is 2040 g/mol. The first-order chi connectivity index (χ1) is 68.4. The summed E-state index contributed by atoms with van der Waals surface area (Å²) < 4.78 is 27.7. The Morgan fingerprint density at radius 3 is 0.864 bits per heavy atom. The number of ketones is 7. The number of rotatable bonds is 18. The Morgan fingerprint density at radius 1 is 0.333 bits per heavy atom. The molecule has 21 rings (SSSR count). The molecule has 1 saturated heterocycles. The fourth-order valence-corrected chi connectivity index (χ4v) is 41.4. The number of allylic oxidation sites excluding steroid dienone is 2. The zero-order valence-corrected chi connectivity index (χ0v) is 97.0. The fraction of sp³-hybridized carbons (Fsp3) is 0.833. The van der Waals surface area contributed by atoms with Crippen molar-refractivity contribution in [2.24, 2.45) is 226 Å². The molecule has 1 heterocycles. The van der Waals surface area contributed by atoms with Gasteiger partial charge in [0.2, 0.25) is 0 Å². The van der Waals surface area contributed by atoms with E-state index >= 15 is 0 Å². The second kappa shape index (κ2) is 44.0. The van der Waals surface area contributed by atoms with Crippen LogP contribution in [-0.2, 0) is 76.4 Å². The molecule has 15 saturated carbocycles. The molecule has 0 aromatic rings. The maximum Gasteiger partial charge on any atom is 1.00 e. The molecule has 147 heavy (non-hydrogen) atoms. The van der Waals surface area contributed by atoms with Gasteiger partial charge in [0.15, 0.2) is 28.9 Å². The molecular formula is C126H189BNaO19. The standard InChI is InChI=1S/2C26H40O4.C26H38O4.C24H34O4.C24H36O3.B.Na.H/c3*1-6-18-22-13-17(28)9-11-26(22,5)21-10-12-25(4)19(15(2)14-30-16(3)27)7-8-20(25)23(21)24(18)29;1-13(12-27-14(2)25)16-5-6-17-20-18(8-10-23(16,17)3)24(4)9-7-15(26)11-19(24)21-22(20)28-21;1-5-16-20-12-15(26)8-10-24(20,4)19-9-11-23(3)17(14(2)13-25)6-7-18(23)21(19)22(16)27;;;/h2*13,15,18-21,23-24,29H,6-12,14H2,1-5H3;13,15,18-21,23H,6-12,14H2,1-5H3;11,13,16-18,20-22H,5-10,12H2,1-4H3;12,14,16-19,21,25H,5-11,13H2,1-4H3;;;/q;;;;;;+1;-1/t2*15-,18+,19-,20?,21?,23?,24-,25-,26-;15-,18+,19-,20?,21?,23?,25-,26-;13-,16-,17?,18?,20?,21-,22+,23-,24-;14-,16-,17-,18?,19?,21?,23-,24-;;;/m11111.../s1. The largest absolute Gasteiger partial charge is 1.00 e. The molecule has 3 N–H and O–H groups in total. The van der Waals surface area contributed by atoms with E-state index in [1.165, 1.54) is 82.9 Å². The Morgan fingerprint density at radius 2 is 0.578 bits per heavy atom. The van der Waals surface area contributed by atoms with E-state index in [0.717, 1.165) is 159 Å². The third-order valence-electron chi connectivity index (χ3n) is 48.7. The molecule has 19 nitrogen and oxygen atoms in total. The minimum absolute atomic E-state index is 0. The van der Waals surface area contributed by atoms with Crippen LogP contribution in [-0.4, -0.2) is 146 Å². The molecule has 21 aliphatic rings. The number of aliphatic hydroxyl groups is 3. The van der Waals surface area contributed by atoms with Crippen molar-refractivity contribution in [1.29, 1.82) is 0 Å². The summed E-state index contributed by atoms with van der Waals surface area (Å²) in [6, 6.07) is 0. The van der Waals surface area contributed by atoms with Crippen LogP contribution in [0.25, 0.3) is 0 Å². The quantitative estimate of drug-likeness (QED) is 0.0497. The van der Waals surface area contributed by atoms with E-state index in [1.807, 2.05) is 30.4 Å². The smallest absolute Gasteiger partial charge is 1.00 e. The number of fused-ring (bicyclic) bond motifs is 28. The summed E-state index contributed by atoms with van der Waals surface area (Å²) in [5, 5.41) is 33.1. The van der Waals surface area contributed by atoms with Crippen LogP contribution in [0.1, 0.15) is 379 Å². The Balaban J connectivity index is 0.000000145. The number of hydrogen-bond acceptors (Lipinski definition) is 19. The molecule has 0 aromatic carbocycles. The fourth-order valence-electron chi connectivity index (χ4n) is 41.4. The number of esters is 4. The first-order valence-corrected chi connectivity index (χ1v) is 58.9. The van der Waals surface area contributed by atoms with Gasteiger partial charge in [0.25, 0.3) is 0 Å². The SMILES string of the molecule is CC(=O)OC[C@@H](C)[C@H]1CCC2C3C(CC[C@@]21C)[C@@]1(C)CCC(=O)C=C1[C@H]1O[C@@H]31.CC[C@@H]1C(=O)C2C(CC[C@@]3(C)C2CC[C@@H]3[C@H](C)COC(C)=O)[C@@]2(C)CCC(=O)C=C12.CC[C@H]1C(=O)C2C(CC[C@@]3(C)C2CC[C@@H]3[C@H](C)CO)[C@@]2(C)CCC(=O)C=C12.CC[C@H]1C2=CC(=O)CC[C@]2(C)C2CC[C@@]3(C)C(CC[C@@H]3[C@H](C)COC(C)=O)C2[C@@H]1O.CC[C@H]1C2=CC(=O)CC[C@]2(C)C2CC[C@@]3(C)C(CC[C@@H]3[C@H](C)COC(C)=O)C2[C@@H]1O.[B].[H-].[Na+]. The average Bonchev–Trinajstić information content (AvgIpc) is 1.49. The van der Waals surface area contributed by atoms with Crippen LogP contribution in [0, 0.1) is 226 Å². The minimum atomic E-state index is -0.350. The molecule has 43 atom stereocenters. The van der Waals surface area contributed by atoms with Gasteiger partial charge in [-0.15, -0.1) is 0 Å². The van der Waals surface area contributed by atoms with Crippen LogP contribution < -0.4 is 29.6 Å². The molecule has 0 amide bonds. The normalized spacial score (nSPS) is 46.1. The summed E-state index contributed by atoms with van der Waals surface area (Å²) >= 11 is 0. The monoisotopic (exact) mass is 2040 g/mol. The predicted molar refractivity (Wildman–Crippen MR) is 567 cm³/mol. The molecule has 0 spiro atoms. The van der Waals surface area contributed by atoms with E-state index in [2.05, 4.69) is 132 Å². The van der Waals surface area contributed by atoms with Crippen LogP contribution >= 0.6 is 0 Å². The van der Waals surface area contributed by atoms with Crippen molar-refractivity contribution in [3.63, 3.8) is 0 Å². The second-order valence-electron chi connectivity index (χ2n) is 54.9. The molecule has 811 valence electrons.